The van der Waals surface area contributed by atoms with Gasteiger partial charge in [-0.2, -0.15) is 0 Å². The van der Waals surface area contributed by atoms with Gasteiger partial charge in [-0.1, -0.05) is 24.3 Å². The van der Waals surface area contributed by atoms with Crippen LogP contribution in [0.4, 0.5) is 11.4 Å². The summed E-state index contributed by atoms with van der Waals surface area (Å²) in [5.74, 6) is 5.33. The summed E-state index contributed by atoms with van der Waals surface area (Å²) in [5.41, 5.74) is 13.0. The lowest BCUT2D eigenvalue weighted by molar-refractivity contribution is 0.462. The van der Waals surface area contributed by atoms with Crippen LogP contribution in [0.2, 0.25) is 0 Å². The van der Waals surface area contributed by atoms with E-state index in [0.717, 1.165) is 0 Å². The Morgan fingerprint density at radius 2 is 0.556 bits per heavy atom. The molecule has 0 atom stereocenters. The first-order valence-corrected chi connectivity index (χ1v) is 11.3. The molecular weight excluding hydrogens is 452 g/mol. The number of anilines is 2. The Balaban J connectivity index is 1.16. The van der Waals surface area contributed by atoms with Crippen molar-refractivity contribution in [3.63, 3.8) is 0 Å². The Morgan fingerprint density at radius 3 is 0.833 bits per heavy atom. The number of nitrogens with two attached hydrogens (primary N) is 2. The molecule has 0 unspecified atom stereocenters. The molecule has 0 saturated heterocycles. The van der Waals surface area contributed by atoms with Crippen molar-refractivity contribution < 1.29 is 18.9 Å². The molecule has 6 heteroatoms. The van der Waals surface area contributed by atoms with Gasteiger partial charge >= 0.3 is 0 Å². The maximum Gasteiger partial charge on any atom is 0.150 e. The zero-order chi connectivity index (χ0) is 24.7. The number of rotatable bonds is 8. The summed E-state index contributed by atoms with van der Waals surface area (Å²) in [5, 5.41) is 0. The second kappa shape index (κ2) is 10.4. The lowest BCUT2D eigenvalue weighted by Gasteiger charge is -2.11. The van der Waals surface area contributed by atoms with Gasteiger partial charge in [0.25, 0.3) is 0 Å². The first kappa shape index (κ1) is 22.7. The maximum atomic E-state index is 5.93. The average Bonchev–Trinajstić information content (AvgIpc) is 2.90. The molecule has 5 aromatic rings. The molecule has 4 N–H and O–H groups in total. The van der Waals surface area contributed by atoms with Gasteiger partial charge in [-0.3, -0.25) is 0 Å². The predicted octanol–water partition coefficient (Wildman–Crippen LogP) is 8.02. The number of hydrogen-bond donors (Lipinski definition) is 2. The topological polar surface area (TPSA) is 89.0 Å². The number of nitrogen functional groups attached to an aromatic ring is 2. The molecule has 5 rings (SSSR count). The van der Waals surface area contributed by atoms with E-state index in [1.807, 2.05) is 109 Å². The van der Waals surface area contributed by atoms with Crippen LogP contribution < -0.4 is 30.4 Å². The Kier molecular flexibility index (Phi) is 6.58. The molecule has 6 nitrogen and oxygen atoms in total. The summed E-state index contributed by atoms with van der Waals surface area (Å²) in [6.07, 6.45) is 0. The van der Waals surface area contributed by atoms with Crippen LogP contribution in [0.3, 0.4) is 0 Å². The lowest BCUT2D eigenvalue weighted by Crippen LogP contribution is -1.91. The van der Waals surface area contributed by atoms with Crippen LogP contribution in [-0.4, -0.2) is 0 Å². The molecule has 0 aliphatic rings. The summed E-state index contributed by atoms with van der Waals surface area (Å²) in [6.45, 7) is 0. The van der Waals surface area contributed by atoms with Crippen LogP contribution in [-0.2, 0) is 0 Å². The van der Waals surface area contributed by atoms with Crippen LogP contribution >= 0.6 is 0 Å². The molecule has 0 spiro atoms. The summed E-state index contributed by atoms with van der Waals surface area (Å²) in [6, 6.07) is 36.8. The van der Waals surface area contributed by atoms with Gasteiger partial charge < -0.3 is 30.4 Å². The van der Waals surface area contributed by atoms with Crippen molar-refractivity contribution >= 4 is 11.4 Å². The molecule has 5 aromatic carbocycles. The van der Waals surface area contributed by atoms with Gasteiger partial charge in [-0.15, -0.1) is 0 Å². The molecular formula is C30H24N2O4. The summed E-state index contributed by atoms with van der Waals surface area (Å²) < 4.78 is 23.5. The van der Waals surface area contributed by atoms with Gasteiger partial charge in [0.15, 0.2) is 0 Å². The maximum absolute atomic E-state index is 5.93. The molecule has 0 aliphatic carbocycles. The first-order chi connectivity index (χ1) is 17.6. The molecule has 0 bridgehead atoms. The number of hydrogen-bond acceptors (Lipinski definition) is 6. The standard InChI is InChI=1S/C30H24N2O4/c31-27-5-1-3-7-29(27)35-25-17-13-23(14-18-25)33-21-9-11-22(12-10-21)34-24-15-19-26(20-16-24)36-30-8-4-2-6-28(30)32/h1-20H,31-32H2. The minimum absolute atomic E-state index is 0.585. The monoisotopic (exact) mass is 476 g/mol. The van der Waals surface area contributed by atoms with Crippen molar-refractivity contribution in [3.8, 4) is 46.0 Å². The molecule has 0 fully saturated rings. The SMILES string of the molecule is Nc1ccccc1Oc1ccc(Oc2ccc(Oc3ccc(Oc4ccccc4N)cc3)cc2)cc1. The van der Waals surface area contributed by atoms with Crippen LogP contribution in [0.1, 0.15) is 0 Å². The fourth-order valence-corrected chi connectivity index (χ4v) is 3.40. The molecule has 0 saturated carbocycles. The summed E-state index contributed by atoms with van der Waals surface area (Å²) in [4.78, 5) is 0. The molecule has 0 heterocycles. The van der Waals surface area contributed by atoms with Gasteiger partial charge in [0.2, 0.25) is 0 Å². The number of ether oxygens (including phenoxy) is 4. The Hall–Kier alpha value is -5.10. The van der Waals surface area contributed by atoms with Crippen molar-refractivity contribution in [2.24, 2.45) is 0 Å². The van der Waals surface area contributed by atoms with E-state index in [0.29, 0.717) is 57.4 Å². The van der Waals surface area contributed by atoms with Crippen molar-refractivity contribution in [2.75, 3.05) is 11.5 Å². The van der Waals surface area contributed by atoms with E-state index < -0.39 is 0 Å². The fourth-order valence-electron chi connectivity index (χ4n) is 3.40. The quantitative estimate of drug-likeness (QED) is 0.220. The van der Waals surface area contributed by atoms with E-state index in [9.17, 15) is 0 Å². The van der Waals surface area contributed by atoms with Crippen LogP contribution in [0, 0.1) is 0 Å². The van der Waals surface area contributed by atoms with E-state index in [-0.39, 0.29) is 0 Å². The number of benzene rings is 5. The highest BCUT2D eigenvalue weighted by Gasteiger charge is 2.05. The third-order valence-electron chi connectivity index (χ3n) is 5.24. The molecule has 0 aliphatic heterocycles. The first-order valence-electron chi connectivity index (χ1n) is 11.3. The lowest BCUT2D eigenvalue weighted by atomic mass is 10.3. The zero-order valence-electron chi connectivity index (χ0n) is 19.3. The van der Waals surface area contributed by atoms with Crippen molar-refractivity contribution in [3.05, 3.63) is 121 Å². The van der Waals surface area contributed by atoms with Crippen molar-refractivity contribution in [2.45, 2.75) is 0 Å². The molecule has 36 heavy (non-hydrogen) atoms. The highest BCUT2D eigenvalue weighted by molar-refractivity contribution is 5.54. The molecule has 178 valence electrons. The van der Waals surface area contributed by atoms with Crippen LogP contribution in [0.25, 0.3) is 0 Å². The third-order valence-corrected chi connectivity index (χ3v) is 5.24. The van der Waals surface area contributed by atoms with Gasteiger partial charge in [0, 0.05) is 0 Å². The predicted molar refractivity (Wildman–Crippen MR) is 141 cm³/mol. The molecule has 0 radical (unpaired) electrons. The number of para-hydroxylation sites is 4. The van der Waals surface area contributed by atoms with E-state index >= 15 is 0 Å². The van der Waals surface area contributed by atoms with Gasteiger partial charge in [-0.05, 0) is 97.1 Å². The highest BCUT2D eigenvalue weighted by atomic mass is 16.5. The van der Waals surface area contributed by atoms with Crippen LogP contribution in [0.5, 0.6) is 46.0 Å². The van der Waals surface area contributed by atoms with E-state index in [4.69, 9.17) is 30.4 Å². The second-order valence-corrected chi connectivity index (χ2v) is 7.90. The third kappa shape index (κ3) is 5.69. The average molecular weight is 477 g/mol. The Bertz CT molecular complexity index is 1320. The van der Waals surface area contributed by atoms with Crippen molar-refractivity contribution in [1.82, 2.24) is 0 Å². The van der Waals surface area contributed by atoms with E-state index in [1.165, 1.54) is 0 Å². The largest absolute Gasteiger partial charge is 0.457 e. The Labute approximate surface area is 209 Å². The Morgan fingerprint density at radius 1 is 0.306 bits per heavy atom. The van der Waals surface area contributed by atoms with E-state index in [2.05, 4.69) is 0 Å². The normalized spacial score (nSPS) is 10.4. The van der Waals surface area contributed by atoms with Crippen LogP contribution in [0.15, 0.2) is 121 Å². The minimum Gasteiger partial charge on any atom is -0.457 e. The van der Waals surface area contributed by atoms with Crippen molar-refractivity contribution in [1.29, 1.82) is 0 Å². The summed E-state index contributed by atoms with van der Waals surface area (Å²) in [7, 11) is 0. The minimum atomic E-state index is 0.585. The fraction of sp³-hybridized carbons (Fsp3) is 0. The van der Waals surface area contributed by atoms with Gasteiger partial charge in [0.1, 0.15) is 46.0 Å². The molecule has 0 aromatic heterocycles. The second-order valence-electron chi connectivity index (χ2n) is 7.90. The van der Waals surface area contributed by atoms with Gasteiger partial charge in [-0.25, -0.2) is 0 Å². The zero-order valence-corrected chi connectivity index (χ0v) is 19.3. The van der Waals surface area contributed by atoms with Gasteiger partial charge in [0.05, 0.1) is 11.4 Å². The molecule has 0 amide bonds. The van der Waals surface area contributed by atoms with E-state index in [1.54, 1.807) is 12.1 Å². The summed E-state index contributed by atoms with van der Waals surface area (Å²) >= 11 is 0. The smallest absolute Gasteiger partial charge is 0.150 e. The highest BCUT2D eigenvalue weighted by Crippen LogP contribution is 2.32.